The third-order valence-electron chi connectivity index (χ3n) is 3.62. The molecule has 0 aromatic heterocycles. The van der Waals surface area contributed by atoms with E-state index in [-0.39, 0.29) is 4.83 Å². The van der Waals surface area contributed by atoms with E-state index in [2.05, 4.69) is 54.0 Å². The molecule has 2 aromatic rings. The van der Waals surface area contributed by atoms with Crippen LogP contribution in [-0.2, 0) is 0 Å². The fourth-order valence-corrected chi connectivity index (χ4v) is 3.02. The van der Waals surface area contributed by atoms with Crippen molar-refractivity contribution < 1.29 is 9.47 Å². The zero-order chi connectivity index (χ0) is 14.7. The predicted octanol–water partition coefficient (Wildman–Crippen LogP) is 4.80. The lowest BCUT2D eigenvalue weighted by Gasteiger charge is -2.17. The van der Waals surface area contributed by atoms with Crippen molar-refractivity contribution in [3.05, 3.63) is 58.7 Å². The van der Waals surface area contributed by atoms with E-state index in [0.717, 1.165) is 17.1 Å². The monoisotopic (exact) mass is 334 g/mol. The number of methoxy groups -OCH3 is 2. The lowest BCUT2D eigenvalue weighted by Crippen LogP contribution is -1.99. The SMILES string of the molecule is COc1ccc(C(Br)c2cccc(C)c2C)cc1OC. The van der Waals surface area contributed by atoms with E-state index >= 15 is 0 Å². The van der Waals surface area contributed by atoms with Crippen LogP contribution in [0.4, 0.5) is 0 Å². The molecule has 20 heavy (non-hydrogen) atoms. The number of benzene rings is 2. The van der Waals surface area contributed by atoms with Crippen molar-refractivity contribution in [1.29, 1.82) is 0 Å². The summed E-state index contributed by atoms with van der Waals surface area (Å²) in [5.41, 5.74) is 5.03. The van der Waals surface area contributed by atoms with Gasteiger partial charge in [0.25, 0.3) is 0 Å². The molecule has 1 atom stereocenters. The van der Waals surface area contributed by atoms with Gasteiger partial charge in [-0.2, -0.15) is 0 Å². The Balaban J connectivity index is 2.43. The second kappa shape index (κ2) is 6.31. The molecule has 3 heteroatoms. The molecule has 0 radical (unpaired) electrons. The highest BCUT2D eigenvalue weighted by atomic mass is 79.9. The van der Waals surface area contributed by atoms with Gasteiger partial charge in [-0.25, -0.2) is 0 Å². The average Bonchev–Trinajstić information content (AvgIpc) is 2.48. The fourth-order valence-electron chi connectivity index (χ4n) is 2.24. The van der Waals surface area contributed by atoms with Crippen LogP contribution in [0.2, 0.25) is 0 Å². The fraction of sp³-hybridized carbons (Fsp3) is 0.294. The first-order chi connectivity index (χ1) is 9.58. The Morgan fingerprint density at radius 2 is 1.65 bits per heavy atom. The van der Waals surface area contributed by atoms with Crippen LogP contribution in [0.3, 0.4) is 0 Å². The summed E-state index contributed by atoms with van der Waals surface area (Å²) < 4.78 is 10.7. The van der Waals surface area contributed by atoms with Gasteiger partial charge in [0.05, 0.1) is 19.0 Å². The molecular formula is C17H19BrO2. The molecule has 1 unspecified atom stereocenters. The number of rotatable bonds is 4. The smallest absolute Gasteiger partial charge is 0.161 e. The molecule has 2 rings (SSSR count). The van der Waals surface area contributed by atoms with E-state index in [0.29, 0.717) is 0 Å². The predicted molar refractivity (Wildman–Crippen MR) is 86.2 cm³/mol. The second-order valence-corrected chi connectivity index (χ2v) is 5.68. The minimum absolute atomic E-state index is 0.141. The standard InChI is InChI=1S/C17H19BrO2/c1-11-6-5-7-14(12(11)2)17(18)13-8-9-15(19-3)16(10-13)20-4/h5-10,17H,1-4H3. The molecule has 0 bridgehead atoms. The van der Waals surface area contributed by atoms with Crippen molar-refractivity contribution in [3.8, 4) is 11.5 Å². The summed E-state index contributed by atoms with van der Waals surface area (Å²) in [5, 5.41) is 0. The van der Waals surface area contributed by atoms with E-state index in [4.69, 9.17) is 9.47 Å². The Morgan fingerprint density at radius 1 is 0.950 bits per heavy atom. The lowest BCUT2D eigenvalue weighted by molar-refractivity contribution is 0.354. The Morgan fingerprint density at radius 3 is 2.30 bits per heavy atom. The molecule has 0 saturated heterocycles. The van der Waals surface area contributed by atoms with Crippen molar-refractivity contribution >= 4 is 15.9 Å². The summed E-state index contributed by atoms with van der Waals surface area (Å²) in [5.74, 6) is 1.50. The maximum Gasteiger partial charge on any atom is 0.161 e. The first-order valence-electron chi connectivity index (χ1n) is 6.50. The quantitative estimate of drug-likeness (QED) is 0.747. The van der Waals surface area contributed by atoms with Crippen molar-refractivity contribution in [1.82, 2.24) is 0 Å². The minimum Gasteiger partial charge on any atom is -0.493 e. The molecular weight excluding hydrogens is 316 g/mol. The molecule has 2 nitrogen and oxygen atoms in total. The van der Waals surface area contributed by atoms with E-state index in [1.54, 1.807) is 14.2 Å². The Labute approximate surface area is 128 Å². The van der Waals surface area contributed by atoms with Crippen molar-refractivity contribution in [2.45, 2.75) is 18.7 Å². The summed E-state index contributed by atoms with van der Waals surface area (Å²) in [7, 11) is 3.30. The molecule has 0 amide bonds. The first kappa shape index (κ1) is 14.9. The van der Waals surface area contributed by atoms with Crippen molar-refractivity contribution in [2.75, 3.05) is 14.2 Å². The average molecular weight is 335 g/mol. The van der Waals surface area contributed by atoms with Crippen LogP contribution in [0.1, 0.15) is 27.1 Å². The normalized spacial score (nSPS) is 12.1. The van der Waals surface area contributed by atoms with Crippen LogP contribution < -0.4 is 9.47 Å². The number of halogens is 1. The van der Waals surface area contributed by atoms with Gasteiger partial charge in [-0.05, 0) is 48.2 Å². The molecule has 0 aliphatic rings. The molecule has 0 N–H and O–H groups in total. The molecule has 0 aliphatic heterocycles. The topological polar surface area (TPSA) is 18.5 Å². The van der Waals surface area contributed by atoms with E-state index < -0.39 is 0 Å². The molecule has 0 aliphatic carbocycles. The van der Waals surface area contributed by atoms with E-state index in [1.165, 1.54) is 16.7 Å². The lowest BCUT2D eigenvalue weighted by atomic mass is 9.97. The van der Waals surface area contributed by atoms with Crippen LogP contribution in [0.15, 0.2) is 36.4 Å². The van der Waals surface area contributed by atoms with Crippen LogP contribution >= 0.6 is 15.9 Å². The van der Waals surface area contributed by atoms with Gasteiger partial charge in [0, 0.05) is 0 Å². The molecule has 106 valence electrons. The summed E-state index contributed by atoms with van der Waals surface area (Å²) >= 11 is 3.79. The van der Waals surface area contributed by atoms with Gasteiger partial charge in [0.1, 0.15) is 0 Å². The van der Waals surface area contributed by atoms with Gasteiger partial charge in [-0.15, -0.1) is 0 Å². The van der Waals surface area contributed by atoms with Gasteiger partial charge in [0.15, 0.2) is 11.5 Å². The zero-order valence-corrected chi connectivity index (χ0v) is 13.8. The van der Waals surface area contributed by atoms with Gasteiger partial charge < -0.3 is 9.47 Å². The van der Waals surface area contributed by atoms with Crippen LogP contribution in [0.5, 0.6) is 11.5 Å². The van der Waals surface area contributed by atoms with Gasteiger partial charge in [-0.1, -0.05) is 40.2 Å². The highest BCUT2D eigenvalue weighted by Crippen LogP contribution is 2.37. The van der Waals surface area contributed by atoms with Crippen LogP contribution in [-0.4, -0.2) is 14.2 Å². The summed E-state index contributed by atoms with van der Waals surface area (Å²) in [6, 6.07) is 12.4. The number of hydrogen-bond donors (Lipinski definition) is 0. The largest absolute Gasteiger partial charge is 0.493 e. The second-order valence-electron chi connectivity index (χ2n) is 4.77. The number of ether oxygens (including phenoxy) is 2. The zero-order valence-electron chi connectivity index (χ0n) is 12.2. The summed E-state index contributed by atoms with van der Waals surface area (Å²) in [6.45, 7) is 4.28. The number of alkyl halides is 1. The van der Waals surface area contributed by atoms with Crippen LogP contribution in [0, 0.1) is 13.8 Å². The summed E-state index contributed by atoms with van der Waals surface area (Å²) in [4.78, 5) is 0.141. The Hall–Kier alpha value is -1.48. The van der Waals surface area contributed by atoms with E-state index in [9.17, 15) is 0 Å². The Bertz CT molecular complexity index is 608. The summed E-state index contributed by atoms with van der Waals surface area (Å²) in [6.07, 6.45) is 0. The van der Waals surface area contributed by atoms with Gasteiger partial charge >= 0.3 is 0 Å². The highest BCUT2D eigenvalue weighted by Gasteiger charge is 2.15. The molecule has 0 saturated carbocycles. The van der Waals surface area contributed by atoms with Crippen molar-refractivity contribution in [3.63, 3.8) is 0 Å². The first-order valence-corrected chi connectivity index (χ1v) is 7.42. The number of aryl methyl sites for hydroxylation is 1. The highest BCUT2D eigenvalue weighted by molar-refractivity contribution is 9.09. The Kier molecular flexibility index (Phi) is 4.71. The maximum atomic E-state index is 5.37. The van der Waals surface area contributed by atoms with Gasteiger partial charge in [0.2, 0.25) is 0 Å². The van der Waals surface area contributed by atoms with Gasteiger partial charge in [-0.3, -0.25) is 0 Å². The van der Waals surface area contributed by atoms with Crippen LogP contribution in [0.25, 0.3) is 0 Å². The molecule has 0 spiro atoms. The third kappa shape index (κ3) is 2.83. The maximum absolute atomic E-state index is 5.37. The third-order valence-corrected chi connectivity index (χ3v) is 4.64. The molecule has 2 aromatic carbocycles. The number of hydrogen-bond acceptors (Lipinski definition) is 2. The van der Waals surface area contributed by atoms with E-state index in [1.807, 2.05) is 12.1 Å². The molecule has 0 fully saturated rings. The minimum atomic E-state index is 0.141. The molecule has 0 heterocycles. The van der Waals surface area contributed by atoms with Crippen molar-refractivity contribution in [2.24, 2.45) is 0 Å².